The van der Waals surface area contributed by atoms with Gasteiger partial charge in [-0.3, -0.25) is 9.10 Å². The number of hydrogen-bond donors (Lipinski definition) is 1. The second-order valence-electron chi connectivity index (χ2n) is 6.37. The van der Waals surface area contributed by atoms with Crippen molar-refractivity contribution in [3.8, 4) is 6.19 Å². The number of carbonyl (C=O) groups is 1. The van der Waals surface area contributed by atoms with E-state index in [1.54, 1.807) is 65.6 Å². The van der Waals surface area contributed by atoms with Gasteiger partial charge in [-0.2, -0.15) is 13.7 Å². The summed E-state index contributed by atoms with van der Waals surface area (Å²) in [6, 6.07) is 16.9. The van der Waals surface area contributed by atoms with Crippen molar-refractivity contribution in [2.45, 2.75) is 6.42 Å². The number of hydrogen-bond acceptors (Lipinski definition) is 5. The fraction of sp³-hybridized carbons (Fsp3) is 0.263. The van der Waals surface area contributed by atoms with Gasteiger partial charge in [-0.1, -0.05) is 36.4 Å². The quantitative estimate of drug-likeness (QED) is 0.769. The molecule has 1 aliphatic rings. The van der Waals surface area contributed by atoms with Crippen molar-refractivity contribution < 1.29 is 13.2 Å². The maximum Gasteiger partial charge on any atom is 0.326 e. The lowest BCUT2D eigenvalue weighted by molar-refractivity contribution is 0.0981. The molecule has 1 fully saturated rings. The standard InChI is InChI=1S/C19H20N4O3S/c20-15-22-12-11-16(13-22)14-23(18-9-5-2-6-10-18)27(25,26)21-19(24)17-7-3-1-4-8-17/h1-10,16H,11-14H2,(H,21,24). The van der Waals surface area contributed by atoms with Gasteiger partial charge in [0.05, 0.1) is 5.69 Å². The number of nitrogens with zero attached hydrogens (tertiary/aromatic N) is 3. The lowest BCUT2D eigenvalue weighted by atomic mass is 10.1. The zero-order valence-corrected chi connectivity index (χ0v) is 15.5. The molecule has 2 aromatic rings. The first-order valence-electron chi connectivity index (χ1n) is 8.59. The van der Waals surface area contributed by atoms with Crippen molar-refractivity contribution in [2.75, 3.05) is 23.9 Å². The molecule has 0 aliphatic carbocycles. The van der Waals surface area contributed by atoms with E-state index in [0.717, 1.165) is 6.42 Å². The van der Waals surface area contributed by atoms with E-state index in [9.17, 15) is 13.2 Å². The molecule has 1 saturated heterocycles. The Hall–Kier alpha value is -3.05. The highest BCUT2D eigenvalue weighted by Crippen LogP contribution is 2.23. The maximum atomic E-state index is 13.0. The lowest BCUT2D eigenvalue weighted by Crippen LogP contribution is -2.46. The first-order chi connectivity index (χ1) is 13.0. The molecule has 0 bridgehead atoms. The van der Waals surface area contributed by atoms with E-state index in [0.29, 0.717) is 18.8 Å². The fourth-order valence-electron chi connectivity index (χ4n) is 3.06. The Balaban J connectivity index is 1.83. The van der Waals surface area contributed by atoms with Crippen LogP contribution >= 0.6 is 0 Å². The van der Waals surface area contributed by atoms with Gasteiger partial charge in [-0.05, 0) is 36.6 Å². The van der Waals surface area contributed by atoms with Crippen LogP contribution in [0.1, 0.15) is 16.8 Å². The number of amides is 1. The molecule has 1 unspecified atom stereocenters. The van der Waals surface area contributed by atoms with Crippen LogP contribution in [0.25, 0.3) is 0 Å². The summed E-state index contributed by atoms with van der Waals surface area (Å²) in [6.07, 6.45) is 2.82. The van der Waals surface area contributed by atoms with E-state index in [-0.39, 0.29) is 18.0 Å². The van der Waals surface area contributed by atoms with E-state index in [1.165, 1.54) is 4.31 Å². The number of nitrogens with one attached hydrogen (secondary N) is 1. The molecule has 2 aromatic carbocycles. The molecule has 1 heterocycles. The third kappa shape index (κ3) is 4.57. The maximum absolute atomic E-state index is 13.0. The zero-order valence-electron chi connectivity index (χ0n) is 14.7. The van der Waals surface area contributed by atoms with Crippen molar-refractivity contribution in [1.82, 2.24) is 9.62 Å². The minimum absolute atomic E-state index is 0.00765. The molecule has 0 aromatic heterocycles. The van der Waals surface area contributed by atoms with Crippen LogP contribution in [0.5, 0.6) is 0 Å². The lowest BCUT2D eigenvalue weighted by Gasteiger charge is -2.27. The van der Waals surface area contributed by atoms with Crippen LogP contribution in [0.3, 0.4) is 0 Å². The molecular formula is C19H20N4O3S. The minimum atomic E-state index is -4.10. The number of anilines is 1. The number of para-hydroxylation sites is 1. The summed E-state index contributed by atoms with van der Waals surface area (Å²) in [5.74, 6) is -0.671. The van der Waals surface area contributed by atoms with Crippen LogP contribution in [0.15, 0.2) is 60.7 Å². The summed E-state index contributed by atoms with van der Waals surface area (Å²) < 4.78 is 29.3. The predicted octanol–water partition coefficient (Wildman–Crippen LogP) is 1.97. The second kappa shape index (κ2) is 8.10. The minimum Gasteiger partial charge on any atom is -0.310 e. The largest absolute Gasteiger partial charge is 0.326 e. The molecule has 1 aliphatic heterocycles. The first-order valence-corrected chi connectivity index (χ1v) is 10.0. The number of likely N-dealkylation sites (tertiary alicyclic amines) is 1. The summed E-state index contributed by atoms with van der Waals surface area (Å²) in [5.41, 5.74) is 0.742. The van der Waals surface area contributed by atoms with Gasteiger partial charge in [-0.15, -0.1) is 0 Å². The Kier molecular flexibility index (Phi) is 5.62. The van der Waals surface area contributed by atoms with Gasteiger partial charge in [0.1, 0.15) is 0 Å². The predicted molar refractivity (Wildman–Crippen MR) is 102 cm³/mol. The van der Waals surface area contributed by atoms with Crippen molar-refractivity contribution in [1.29, 1.82) is 5.26 Å². The number of nitriles is 1. The topological polar surface area (TPSA) is 93.5 Å². The SMILES string of the molecule is N#CN1CCC(CN(c2ccccc2)S(=O)(=O)NC(=O)c2ccccc2)C1. The van der Waals surface area contributed by atoms with Gasteiger partial charge in [0.2, 0.25) is 0 Å². The Morgan fingerprint density at radius 1 is 1.15 bits per heavy atom. The summed E-state index contributed by atoms with van der Waals surface area (Å²) in [6.45, 7) is 1.31. The van der Waals surface area contributed by atoms with Crippen molar-refractivity contribution in [3.05, 3.63) is 66.2 Å². The van der Waals surface area contributed by atoms with Gasteiger partial charge in [0, 0.05) is 25.2 Å². The number of benzene rings is 2. The highest BCUT2D eigenvalue weighted by molar-refractivity contribution is 7.91. The van der Waals surface area contributed by atoms with Crippen LogP contribution in [-0.2, 0) is 10.2 Å². The van der Waals surface area contributed by atoms with Gasteiger partial charge >= 0.3 is 10.2 Å². The van der Waals surface area contributed by atoms with E-state index in [4.69, 9.17) is 5.26 Å². The van der Waals surface area contributed by atoms with Gasteiger partial charge < -0.3 is 4.90 Å². The van der Waals surface area contributed by atoms with Crippen molar-refractivity contribution in [3.63, 3.8) is 0 Å². The second-order valence-corrected chi connectivity index (χ2v) is 7.96. The van der Waals surface area contributed by atoms with Gasteiger partial charge in [-0.25, -0.2) is 4.72 Å². The molecule has 7 nitrogen and oxygen atoms in total. The third-order valence-corrected chi connectivity index (χ3v) is 5.83. The summed E-state index contributed by atoms with van der Waals surface area (Å²) in [7, 11) is -4.10. The molecule has 27 heavy (non-hydrogen) atoms. The molecule has 3 rings (SSSR count). The molecule has 1 amide bonds. The number of carbonyl (C=O) groups excluding carboxylic acids is 1. The van der Waals surface area contributed by atoms with E-state index < -0.39 is 16.1 Å². The van der Waals surface area contributed by atoms with Crippen molar-refractivity contribution >= 4 is 21.8 Å². The molecule has 0 radical (unpaired) electrons. The van der Waals surface area contributed by atoms with Crippen LogP contribution in [0, 0.1) is 17.4 Å². The average Bonchev–Trinajstić information content (AvgIpc) is 3.15. The molecule has 140 valence electrons. The molecule has 0 saturated carbocycles. The van der Waals surface area contributed by atoms with Gasteiger partial charge in [0.25, 0.3) is 5.91 Å². The smallest absolute Gasteiger partial charge is 0.310 e. The highest BCUT2D eigenvalue weighted by atomic mass is 32.2. The Morgan fingerprint density at radius 3 is 2.37 bits per heavy atom. The summed E-state index contributed by atoms with van der Waals surface area (Å²) in [4.78, 5) is 14.0. The van der Waals surface area contributed by atoms with E-state index >= 15 is 0 Å². The van der Waals surface area contributed by atoms with E-state index in [2.05, 4.69) is 10.9 Å². The Labute approximate surface area is 159 Å². The first kappa shape index (κ1) is 18.7. The fourth-order valence-corrected chi connectivity index (χ4v) is 4.33. The molecule has 1 atom stereocenters. The van der Waals surface area contributed by atoms with Crippen LogP contribution < -0.4 is 9.03 Å². The Morgan fingerprint density at radius 2 is 1.78 bits per heavy atom. The monoisotopic (exact) mass is 384 g/mol. The molecular weight excluding hydrogens is 364 g/mol. The van der Waals surface area contributed by atoms with Crippen LogP contribution in [-0.4, -0.2) is 38.9 Å². The molecule has 8 heteroatoms. The summed E-state index contributed by atoms with van der Waals surface area (Å²) in [5, 5.41) is 9.03. The van der Waals surface area contributed by atoms with Crippen LogP contribution in [0.2, 0.25) is 0 Å². The van der Waals surface area contributed by atoms with E-state index in [1.807, 2.05) is 0 Å². The van der Waals surface area contributed by atoms with Crippen LogP contribution in [0.4, 0.5) is 5.69 Å². The summed E-state index contributed by atoms with van der Waals surface area (Å²) >= 11 is 0. The average molecular weight is 384 g/mol. The zero-order chi connectivity index (χ0) is 19.3. The van der Waals surface area contributed by atoms with Gasteiger partial charge in [0.15, 0.2) is 6.19 Å². The Bertz CT molecular complexity index is 926. The highest BCUT2D eigenvalue weighted by Gasteiger charge is 2.31. The number of rotatable bonds is 6. The normalized spacial score (nSPS) is 16.6. The van der Waals surface area contributed by atoms with Crippen molar-refractivity contribution in [2.24, 2.45) is 5.92 Å². The molecule has 1 N–H and O–H groups in total. The third-order valence-electron chi connectivity index (χ3n) is 4.44. The molecule has 0 spiro atoms.